The highest BCUT2D eigenvalue weighted by atomic mass is 35.5. The largest absolute Gasteiger partial charge is 0.416 e. The molecule has 1 N–H and O–H groups in total. The summed E-state index contributed by atoms with van der Waals surface area (Å²) in [5.41, 5.74) is -1.21. The number of aromatic amines is 1. The van der Waals surface area contributed by atoms with E-state index in [1.54, 1.807) is 17.0 Å². The van der Waals surface area contributed by atoms with Gasteiger partial charge in [-0.3, -0.25) is 19.8 Å². The third-order valence-corrected chi connectivity index (χ3v) is 4.78. The van der Waals surface area contributed by atoms with Gasteiger partial charge in [-0.1, -0.05) is 11.6 Å². The van der Waals surface area contributed by atoms with Crippen molar-refractivity contribution in [1.29, 1.82) is 0 Å². The molecule has 0 saturated carbocycles. The fraction of sp³-hybridized carbons (Fsp3) is 0.353. The fourth-order valence-corrected chi connectivity index (χ4v) is 3.25. The first-order valence-electron chi connectivity index (χ1n) is 8.36. The maximum absolute atomic E-state index is 12.8. The van der Waals surface area contributed by atoms with Gasteiger partial charge in [0.15, 0.2) is 0 Å². The highest BCUT2D eigenvalue weighted by molar-refractivity contribution is 6.29. The molecule has 2 heterocycles. The van der Waals surface area contributed by atoms with Crippen LogP contribution in [-0.2, 0) is 12.7 Å². The van der Waals surface area contributed by atoms with Gasteiger partial charge in [0.05, 0.1) is 10.5 Å². The van der Waals surface area contributed by atoms with Gasteiger partial charge in [-0.05, 0) is 24.3 Å². The zero-order valence-corrected chi connectivity index (χ0v) is 15.3. The normalized spacial score (nSPS) is 15.6. The average molecular weight is 417 g/mol. The van der Waals surface area contributed by atoms with Crippen LogP contribution in [0.4, 0.5) is 24.5 Å². The average Bonchev–Trinajstić information content (AvgIpc) is 2.63. The van der Waals surface area contributed by atoms with Crippen LogP contribution in [0, 0.1) is 10.1 Å². The quantitative estimate of drug-likeness (QED) is 0.470. The minimum atomic E-state index is -4.65. The molecule has 0 bridgehead atoms. The van der Waals surface area contributed by atoms with Gasteiger partial charge in [-0.2, -0.15) is 13.2 Å². The number of H-pyrrole nitrogens is 1. The third kappa shape index (κ3) is 4.45. The van der Waals surface area contributed by atoms with Crippen LogP contribution in [0.1, 0.15) is 11.1 Å². The zero-order valence-electron chi connectivity index (χ0n) is 14.5. The van der Waals surface area contributed by atoms with E-state index in [4.69, 9.17) is 11.6 Å². The summed E-state index contributed by atoms with van der Waals surface area (Å²) >= 11 is 5.72. The molecule has 0 radical (unpaired) electrons. The SMILES string of the molecule is O=c1[nH]c(Cl)ccc1CN1CCN(c2ccc(C(F)(F)F)cc2[N+](=O)[O-])CC1. The Hall–Kier alpha value is -2.59. The van der Waals surface area contributed by atoms with Gasteiger partial charge in [-0.15, -0.1) is 0 Å². The number of hydrogen-bond donors (Lipinski definition) is 1. The molecular formula is C17H16ClF3N4O3. The molecule has 28 heavy (non-hydrogen) atoms. The molecule has 1 saturated heterocycles. The number of piperazine rings is 1. The topological polar surface area (TPSA) is 82.5 Å². The lowest BCUT2D eigenvalue weighted by molar-refractivity contribution is -0.384. The summed E-state index contributed by atoms with van der Waals surface area (Å²) in [6, 6.07) is 5.77. The molecule has 0 unspecified atom stereocenters. The van der Waals surface area contributed by atoms with E-state index in [1.165, 1.54) is 0 Å². The summed E-state index contributed by atoms with van der Waals surface area (Å²) in [4.78, 5) is 28.5. The molecule has 11 heteroatoms. The lowest BCUT2D eigenvalue weighted by atomic mass is 10.1. The van der Waals surface area contributed by atoms with Crippen LogP contribution in [0.5, 0.6) is 0 Å². The van der Waals surface area contributed by atoms with Crippen LogP contribution < -0.4 is 10.5 Å². The zero-order chi connectivity index (χ0) is 20.5. The Morgan fingerprint density at radius 3 is 2.39 bits per heavy atom. The molecule has 2 aromatic rings. The fourth-order valence-electron chi connectivity index (χ4n) is 3.11. The van der Waals surface area contributed by atoms with Gasteiger partial charge in [0.2, 0.25) is 0 Å². The van der Waals surface area contributed by atoms with Crippen molar-refractivity contribution in [3.8, 4) is 0 Å². The number of nitrogens with zero attached hydrogens (tertiary/aromatic N) is 3. The minimum Gasteiger partial charge on any atom is -0.363 e. The van der Waals surface area contributed by atoms with Crippen molar-refractivity contribution >= 4 is 23.0 Å². The lowest BCUT2D eigenvalue weighted by Gasteiger charge is -2.35. The Labute approximate surface area is 162 Å². The number of hydrogen-bond acceptors (Lipinski definition) is 5. The van der Waals surface area contributed by atoms with Crippen molar-refractivity contribution in [1.82, 2.24) is 9.88 Å². The van der Waals surface area contributed by atoms with Gasteiger partial charge in [0.25, 0.3) is 11.2 Å². The molecule has 7 nitrogen and oxygen atoms in total. The second-order valence-electron chi connectivity index (χ2n) is 6.38. The molecule has 1 aliphatic heterocycles. The predicted octanol–water partition coefficient (Wildman–Crippen LogP) is 3.28. The van der Waals surface area contributed by atoms with Crippen LogP contribution in [0.3, 0.4) is 0 Å². The first-order chi connectivity index (χ1) is 13.1. The summed E-state index contributed by atoms with van der Waals surface area (Å²) in [7, 11) is 0. The van der Waals surface area contributed by atoms with E-state index in [0.717, 1.165) is 12.1 Å². The number of nitro groups is 1. The van der Waals surface area contributed by atoms with E-state index < -0.39 is 22.4 Å². The number of aromatic nitrogens is 1. The highest BCUT2D eigenvalue weighted by Gasteiger charge is 2.34. The maximum Gasteiger partial charge on any atom is 0.416 e. The highest BCUT2D eigenvalue weighted by Crippen LogP contribution is 2.36. The molecule has 1 fully saturated rings. The van der Waals surface area contributed by atoms with Crippen LogP contribution in [0.2, 0.25) is 5.15 Å². The number of anilines is 1. The standard InChI is InChI=1S/C17H16ClF3N4O3/c18-15-4-1-11(16(26)22-15)10-23-5-7-24(8-6-23)13-3-2-12(17(19,20)21)9-14(13)25(27)28/h1-4,9H,5-8,10H2,(H,22,26). The first kappa shape index (κ1) is 20.2. The Morgan fingerprint density at radius 1 is 1.14 bits per heavy atom. The van der Waals surface area contributed by atoms with Crippen molar-refractivity contribution in [2.75, 3.05) is 31.1 Å². The Kier molecular flexibility index (Phi) is 5.61. The van der Waals surface area contributed by atoms with Gasteiger partial charge in [-0.25, -0.2) is 0 Å². The van der Waals surface area contributed by atoms with Gasteiger partial charge >= 0.3 is 6.18 Å². The van der Waals surface area contributed by atoms with Crippen molar-refractivity contribution in [2.24, 2.45) is 0 Å². The Bertz CT molecular complexity index is 940. The minimum absolute atomic E-state index is 0.155. The Balaban J connectivity index is 1.72. The van der Waals surface area contributed by atoms with Gasteiger partial charge in [0.1, 0.15) is 10.8 Å². The molecule has 3 rings (SSSR count). The number of alkyl halides is 3. The van der Waals surface area contributed by atoms with Crippen LogP contribution in [-0.4, -0.2) is 41.0 Å². The van der Waals surface area contributed by atoms with E-state index in [-0.39, 0.29) is 16.4 Å². The molecule has 0 spiro atoms. The van der Waals surface area contributed by atoms with E-state index in [2.05, 4.69) is 4.98 Å². The third-order valence-electron chi connectivity index (χ3n) is 4.56. The summed E-state index contributed by atoms with van der Waals surface area (Å²) in [5, 5.41) is 11.5. The molecule has 0 amide bonds. The first-order valence-corrected chi connectivity index (χ1v) is 8.73. The molecule has 1 aromatic carbocycles. The summed E-state index contributed by atoms with van der Waals surface area (Å²) in [6.45, 7) is 2.16. The number of pyridine rings is 1. The number of nitro benzene ring substituents is 1. The molecule has 1 aliphatic rings. The molecular weight excluding hydrogens is 401 g/mol. The van der Waals surface area contributed by atoms with E-state index in [1.807, 2.05) is 4.90 Å². The molecule has 0 aliphatic carbocycles. The van der Waals surface area contributed by atoms with Gasteiger partial charge in [0, 0.05) is 44.4 Å². The molecule has 0 atom stereocenters. The van der Waals surface area contributed by atoms with Gasteiger partial charge < -0.3 is 9.88 Å². The second kappa shape index (κ2) is 7.80. The maximum atomic E-state index is 12.8. The molecule has 150 valence electrons. The van der Waals surface area contributed by atoms with Crippen LogP contribution in [0.25, 0.3) is 0 Å². The summed E-state index contributed by atoms with van der Waals surface area (Å²) in [6.07, 6.45) is -4.65. The van der Waals surface area contributed by atoms with E-state index in [9.17, 15) is 28.1 Å². The summed E-state index contributed by atoms with van der Waals surface area (Å²) in [5.74, 6) is 0. The number of halogens is 4. The monoisotopic (exact) mass is 416 g/mol. The van der Waals surface area contributed by atoms with Crippen molar-refractivity contribution < 1.29 is 18.1 Å². The van der Waals surface area contributed by atoms with E-state index in [0.29, 0.717) is 44.4 Å². The van der Waals surface area contributed by atoms with Crippen molar-refractivity contribution in [3.05, 3.63) is 67.1 Å². The predicted molar refractivity (Wildman–Crippen MR) is 97.7 cm³/mol. The molecule has 1 aromatic heterocycles. The van der Waals surface area contributed by atoms with Crippen LogP contribution in [0.15, 0.2) is 35.1 Å². The summed E-state index contributed by atoms with van der Waals surface area (Å²) < 4.78 is 38.5. The second-order valence-corrected chi connectivity index (χ2v) is 6.79. The van der Waals surface area contributed by atoms with E-state index >= 15 is 0 Å². The lowest BCUT2D eigenvalue weighted by Crippen LogP contribution is -2.46. The van der Waals surface area contributed by atoms with Crippen molar-refractivity contribution in [2.45, 2.75) is 12.7 Å². The Morgan fingerprint density at radius 2 is 1.82 bits per heavy atom. The van der Waals surface area contributed by atoms with Crippen LogP contribution >= 0.6 is 11.6 Å². The number of rotatable bonds is 4. The number of benzene rings is 1. The number of nitrogens with one attached hydrogen (secondary N) is 1. The van der Waals surface area contributed by atoms with Crippen molar-refractivity contribution in [3.63, 3.8) is 0 Å². The smallest absolute Gasteiger partial charge is 0.363 e.